The van der Waals surface area contributed by atoms with E-state index in [2.05, 4.69) is 117 Å². The van der Waals surface area contributed by atoms with E-state index in [-0.39, 0.29) is 131 Å². The highest BCUT2D eigenvalue weighted by Gasteiger charge is 2.54. The van der Waals surface area contributed by atoms with Crippen molar-refractivity contribution in [1.82, 2.24) is 16.0 Å². The van der Waals surface area contributed by atoms with Crippen LogP contribution >= 0.6 is 0 Å². The van der Waals surface area contributed by atoms with Crippen LogP contribution in [0.25, 0.3) is 0 Å². The minimum Gasteiger partial charge on any atom is -0.494 e. The number of alkyl carbamates (subject to hydrolysis) is 1. The van der Waals surface area contributed by atoms with Crippen molar-refractivity contribution >= 4 is 35.8 Å². The first-order chi connectivity index (χ1) is 66.5. The van der Waals surface area contributed by atoms with Crippen LogP contribution in [0.3, 0.4) is 0 Å². The number of hydrogen-bond acceptors (Lipinski definition) is 35. The third kappa shape index (κ3) is 45.8. The molecule has 0 radical (unpaired) electrons. The van der Waals surface area contributed by atoms with Gasteiger partial charge in [-0.15, -0.1) is 0 Å². The van der Waals surface area contributed by atoms with Crippen LogP contribution in [-0.2, 0) is 116 Å². The minimum absolute atomic E-state index is 0. The number of methoxy groups -OCH3 is 6. The molecule has 0 bridgehead atoms. The summed E-state index contributed by atoms with van der Waals surface area (Å²) in [6, 6.07) is 5.26. The van der Waals surface area contributed by atoms with Crippen LogP contribution in [0, 0.1) is 5.41 Å². The fraction of sp³-hybridized carbons (Fsp3) is 0.667. The van der Waals surface area contributed by atoms with Gasteiger partial charge in [0.05, 0.1) is 93.5 Å². The van der Waals surface area contributed by atoms with Gasteiger partial charge in [-0.3, -0.25) is 14.4 Å². The molecule has 8 unspecified atom stereocenters. The lowest BCUT2D eigenvalue weighted by Gasteiger charge is -2.48. The van der Waals surface area contributed by atoms with Crippen LogP contribution in [0.2, 0.25) is 0 Å². The third-order valence-electron chi connectivity index (χ3n) is 22.9. The van der Waals surface area contributed by atoms with Gasteiger partial charge in [-0.2, -0.15) is 0 Å². The van der Waals surface area contributed by atoms with E-state index in [0.717, 1.165) is 56.1 Å². The van der Waals surface area contributed by atoms with Gasteiger partial charge in [-0.25, -0.2) is 14.4 Å². The number of benzene rings is 1. The van der Waals surface area contributed by atoms with Crippen LogP contribution in [0.1, 0.15) is 165 Å². The second-order valence-electron chi connectivity index (χ2n) is 34.1. The molecular weight excluding hydrogens is 1830 g/mol. The number of carbonyl (C=O) groups is 6. The fourth-order valence-electron chi connectivity index (χ4n) is 15.5. The van der Waals surface area contributed by atoms with Crippen LogP contribution in [0.5, 0.6) is 5.75 Å². The molecule has 0 spiro atoms. The van der Waals surface area contributed by atoms with Crippen molar-refractivity contribution < 1.29 is 170 Å². The van der Waals surface area contributed by atoms with E-state index in [0.29, 0.717) is 37.0 Å². The number of allylic oxidation sites excluding steroid dienone is 21. The number of esters is 3. The van der Waals surface area contributed by atoms with Gasteiger partial charge in [0.2, 0.25) is 11.8 Å². The van der Waals surface area contributed by atoms with E-state index in [1.165, 1.54) is 72.7 Å². The minimum atomic E-state index is -1.65. The number of amides is 3. The highest BCUT2D eigenvalue weighted by molar-refractivity contribution is 5.92. The second-order valence-corrected chi connectivity index (χ2v) is 34.1. The fourth-order valence-corrected chi connectivity index (χ4v) is 15.5. The Morgan fingerprint density at radius 2 is 1.07 bits per heavy atom. The molecule has 6 rings (SSSR count). The SMILES string of the molecule is C.C.CC/C=C\C/C=C\C/C=C\C/C=C\C/C=C\C/C=C\CCC(=O)N[C@@H](Cc1ccc(OCCCC(=O)OCCOCC2O[C@H](OC)C(O)[C@@H](OCCO)[C@@H]2O[C@H]2OC(COCCO)[C@@H](OC)[C@H](OCCO)C2O)cc1)C(=O)OC.COCC1O[C@H](OCC2O[C@H](OC)C(O)[C@@H](OC(=O)NCCCC[C@H](NC(=O)/C=C(C)/C=C/C=C(C)/C=C/C3=C(C)CCCC3(C)C)C(=O)OC)[C@@H]2O)C(O)[C@@H](O)[C@@H]1O. The van der Waals surface area contributed by atoms with Crippen LogP contribution in [-0.4, -0.2) is 357 Å². The van der Waals surface area contributed by atoms with Gasteiger partial charge < -0.3 is 157 Å². The average molecular weight is 1990 g/mol. The predicted molar refractivity (Wildman–Crippen MR) is 519 cm³/mol. The maximum atomic E-state index is 12.8. The first-order valence-electron chi connectivity index (χ1n) is 47.3. The predicted octanol–water partition coefficient (Wildman–Crippen LogP) is 7.34. The highest BCUT2D eigenvalue weighted by atomic mass is 16.8. The Morgan fingerprint density at radius 1 is 0.521 bits per heavy atom. The number of aliphatic hydroxyl groups is 10. The third-order valence-corrected chi connectivity index (χ3v) is 22.9. The van der Waals surface area contributed by atoms with Gasteiger partial charge in [0.15, 0.2) is 31.3 Å². The first kappa shape index (κ1) is 126. The lowest BCUT2D eigenvalue weighted by Crippen LogP contribution is -2.66. The van der Waals surface area contributed by atoms with Crippen molar-refractivity contribution in [3.8, 4) is 5.75 Å². The number of rotatable bonds is 61. The van der Waals surface area contributed by atoms with E-state index in [1.54, 1.807) is 37.3 Å². The standard InChI is InChI=1S/C58H89NO20.C42H66N2O15.2CH4/c1-5-6-7-8-9-10-11-12-13-14-15-16-17-18-19-20-21-22-23-25-48(63)59-45(56(67)69-3)40-43-27-29-44(30-28-43)73-34-24-26-49(64)74-39-38-72-42-47-53(55(76-37-33-62)50(65)57(70-4)77-47)79-58-51(66)54(75-36-32-61)52(68-2)46(78-58)41-71-35-31-60;1-24(17-18-27-26(3)15-12-19-42(27,4)5)13-11-14-25(2)21-31(45)44-28(38(51)54-7)16-9-10-20-43-41(52)59-37-33(47)30(57-39(55-8)36(37)50)23-56-40-35(49)34(48)32(46)29(58-40)22-53-6;;/h6-7,9-10,12-13,15-16,18-19,21-22,27-30,45-47,50-55,57-58,60-62,65-66H,5,8,11,14,17,20,23-26,31-42H2,1-4H3,(H,59,63);11,13-14,17-18,21,28-30,32-37,39-40,46-50H,9-10,12,15-16,19-20,22-23H2,1-8H3,(H,43,52)(H,44,45);2*1H4/b7-6-,10-9-,13-12-,16-15-,19-18-,22-21-;14-11+,18-17+,24-13+,25-21+;;/t45-,46?,47?,50?,51?,52+,53+,54+,55+,57-,58+;28-,29?,30?,32+,33+,34-,35?,36?,37-,39-,40-;;/m00../s1. The Bertz CT molecular complexity index is 4000. The zero-order chi connectivity index (χ0) is 101. The van der Waals surface area contributed by atoms with E-state index in [9.17, 15) is 79.8 Å². The summed E-state index contributed by atoms with van der Waals surface area (Å²) < 4.78 is 105. The molecular formula is C102H163N3O35. The molecule has 22 atom stereocenters. The zero-order valence-corrected chi connectivity index (χ0v) is 82.0. The van der Waals surface area contributed by atoms with E-state index in [1.807, 2.05) is 31.2 Å². The van der Waals surface area contributed by atoms with Crippen LogP contribution in [0.15, 0.2) is 156 Å². The molecule has 1 aromatic rings. The summed E-state index contributed by atoms with van der Waals surface area (Å²) >= 11 is 0. The van der Waals surface area contributed by atoms with E-state index >= 15 is 0 Å². The van der Waals surface area contributed by atoms with Gasteiger partial charge >= 0.3 is 24.0 Å². The molecule has 5 aliphatic rings. The number of nitrogens with one attached hydrogen (secondary N) is 3. The van der Waals surface area contributed by atoms with Crippen molar-refractivity contribution in [2.24, 2.45) is 5.41 Å². The highest BCUT2D eigenvalue weighted by Crippen LogP contribution is 2.41. The van der Waals surface area contributed by atoms with Crippen LogP contribution in [0.4, 0.5) is 4.79 Å². The van der Waals surface area contributed by atoms with Gasteiger partial charge in [-0.1, -0.05) is 162 Å². The number of hydrogen-bond donors (Lipinski definition) is 13. The number of aliphatic hydroxyl groups excluding tert-OH is 10. The molecule has 0 saturated carbocycles. The van der Waals surface area contributed by atoms with Gasteiger partial charge in [-0.05, 0) is 145 Å². The molecule has 4 fully saturated rings. The molecule has 0 aromatic heterocycles. The van der Waals surface area contributed by atoms with Crippen molar-refractivity contribution in [2.75, 3.05) is 135 Å². The summed E-state index contributed by atoms with van der Waals surface area (Å²) in [5.41, 5.74) is 5.50. The van der Waals surface area contributed by atoms with Crippen molar-refractivity contribution in [2.45, 2.75) is 300 Å². The molecule has 1 aliphatic carbocycles. The van der Waals surface area contributed by atoms with E-state index in [4.69, 9.17) is 90.0 Å². The summed E-state index contributed by atoms with van der Waals surface area (Å²) in [5.74, 6) is -1.84. The Balaban J connectivity index is 0.000000739. The molecule has 3 amide bonds. The maximum absolute atomic E-state index is 12.8. The Kier molecular flexibility index (Phi) is 64.9. The molecule has 38 nitrogen and oxygen atoms in total. The number of unbranched alkanes of at least 4 members (excludes halogenated alkanes) is 1. The Hall–Kier alpha value is -8.18. The second kappa shape index (κ2) is 72.1. The Morgan fingerprint density at radius 3 is 1.66 bits per heavy atom. The molecule has 38 heteroatoms. The van der Waals surface area contributed by atoms with Crippen molar-refractivity contribution in [3.05, 3.63) is 161 Å². The normalized spacial score (nSPS) is 26.7. The zero-order valence-electron chi connectivity index (χ0n) is 82.0. The monoisotopic (exact) mass is 1990 g/mol. The molecule has 4 saturated heterocycles. The smallest absolute Gasteiger partial charge is 0.407 e. The molecule has 1 aromatic carbocycles. The molecule has 4 aliphatic heterocycles. The molecule has 140 heavy (non-hydrogen) atoms. The summed E-state index contributed by atoms with van der Waals surface area (Å²) in [5, 5.41) is 111. The Labute approximate surface area is 826 Å². The summed E-state index contributed by atoms with van der Waals surface area (Å²) in [7, 11) is 7.81. The van der Waals surface area contributed by atoms with Crippen molar-refractivity contribution in [1.29, 1.82) is 0 Å². The lowest BCUT2D eigenvalue weighted by atomic mass is 9.72. The first-order valence-corrected chi connectivity index (χ1v) is 47.3. The topological polar surface area (TPSA) is 516 Å². The lowest BCUT2D eigenvalue weighted by molar-refractivity contribution is -0.365. The molecule has 796 valence electrons. The summed E-state index contributed by atoms with van der Waals surface area (Å²) in [6.07, 6.45) is 21.0. The largest absolute Gasteiger partial charge is 0.494 e. The summed E-state index contributed by atoms with van der Waals surface area (Å²) in [6.45, 7) is 10.6. The maximum Gasteiger partial charge on any atom is 0.407 e. The van der Waals surface area contributed by atoms with Gasteiger partial charge in [0, 0.05) is 60.3 Å². The van der Waals surface area contributed by atoms with Gasteiger partial charge in [0.25, 0.3) is 0 Å². The quantitative estimate of drug-likeness (QED) is 0.00757. The average Bonchev–Trinajstić information content (AvgIpc) is 0.888. The summed E-state index contributed by atoms with van der Waals surface area (Å²) in [4.78, 5) is 76.0. The molecule has 4 heterocycles. The van der Waals surface area contributed by atoms with Crippen LogP contribution < -0.4 is 20.7 Å². The van der Waals surface area contributed by atoms with E-state index < -0.39 is 178 Å². The molecule has 13 N–H and O–H groups in total. The number of ether oxygens (including phenoxy) is 19. The number of carbonyl (C=O) groups excluding carboxylic acids is 6. The van der Waals surface area contributed by atoms with Crippen molar-refractivity contribution in [3.63, 3.8) is 0 Å². The van der Waals surface area contributed by atoms with Gasteiger partial charge in [0.1, 0.15) is 116 Å².